The number of nitro groups is 1. The molecule has 20 heavy (non-hydrogen) atoms. The maximum atomic E-state index is 11.7. The molecule has 0 bridgehead atoms. The monoisotopic (exact) mass is 282 g/mol. The second-order valence-corrected chi connectivity index (χ2v) is 5.14. The van der Waals surface area contributed by atoms with Crippen LogP contribution in [0, 0.1) is 10.1 Å². The van der Waals surface area contributed by atoms with Gasteiger partial charge in [-0.25, -0.2) is 4.79 Å². The van der Waals surface area contributed by atoms with E-state index in [1.807, 2.05) is 0 Å². The Morgan fingerprint density at radius 1 is 1.40 bits per heavy atom. The summed E-state index contributed by atoms with van der Waals surface area (Å²) in [4.78, 5) is 21.9. The quantitative estimate of drug-likeness (QED) is 0.677. The molecule has 0 saturated heterocycles. The van der Waals surface area contributed by atoms with Crippen molar-refractivity contribution >= 4 is 11.8 Å². The van der Waals surface area contributed by atoms with Gasteiger partial charge in [0.2, 0.25) is 6.54 Å². The van der Waals surface area contributed by atoms with Gasteiger partial charge < -0.3 is 9.47 Å². The number of benzene rings is 1. The van der Waals surface area contributed by atoms with Crippen molar-refractivity contribution < 1.29 is 19.2 Å². The van der Waals surface area contributed by atoms with Gasteiger partial charge in [-0.1, -0.05) is 0 Å². The maximum absolute atomic E-state index is 11.7. The summed E-state index contributed by atoms with van der Waals surface area (Å²) in [5, 5.41) is 13.2. The third-order valence-corrected chi connectivity index (χ3v) is 2.25. The normalized spacial score (nSPS) is 10.8. The Kier molecular flexibility index (Phi) is 4.90. The highest BCUT2D eigenvalue weighted by Crippen LogP contribution is 2.23. The smallest absolute Gasteiger partial charge is 0.412 e. The van der Waals surface area contributed by atoms with Gasteiger partial charge >= 0.3 is 6.09 Å². The molecule has 0 unspecified atom stereocenters. The predicted octanol–water partition coefficient (Wildman–Crippen LogP) is 2.82. The lowest BCUT2D eigenvalue weighted by molar-refractivity contribution is -0.496. The van der Waals surface area contributed by atoms with Crippen molar-refractivity contribution in [1.82, 2.24) is 0 Å². The molecule has 0 aliphatic rings. The zero-order valence-corrected chi connectivity index (χ0v) is 11.9. The number of nitrogens with zero attached hydrogens (tertiary/aromatic N) is 1. The van der Waals surface area contributed by atoms with Crippen LogP contribution in [0.3, 0.4) is 0 Å². The Labute approximate surface area is 117 Å². The summed E-state index contributed by atoms with van der Waals surface area (Å²) in [6.07, 6.45) is -0.660. The number of amides is 1. The molecule has 0 aromatic heterocycles. The van der Waals surface area contributed by atoms with Crippen LogP contribution in [0.15, 0.2) is 18.2 Å². The van der Waals surface area contributed by atoms with E-state index in [1.165, 1.54) is 13.2 Å². The van der Waals surface area contributed by atoms with Gasteiger partial charge in [-0.2, -0.15) is 0 Å². The van der Waals surface area contributed by atoms with Crippen molar-refractivity contribution in [1.29, 1.82) is 0 Å². The highest BCUT2D eigenvalue weighted by molar-refractivity contribution is 5.86. The van der Waals surface area contributed by atoms with E-state index in [1.54, 1.807) is 32.9 Å². The van der Waals surface area contributed by atoms with Crippen molar-refractivity contribution in [2.45, 2.75) is 32.9 Å². The minimum absolute atomic E-state index is 0.330. The van der Waals surface area contributed by atoms with Gasteiger partial charge in [0.25, 0.3) is 0 Å². The zero-order chi connectivity index (χ0) is 15.3. The second-order valence-electron chi connectivity index (χ2n) is 5.14. The van der Waals surface area contributed by atoms with E-state index in [0.29, 0.717) is 17.0 Å². The third-order valence-electron chi connectivity index (χ3n) is 2.25. The van der Waals surface area contributed by atoms with Crippen LogP contribution in [0.2, 0.25) is 0 Å². The number of nitrogens with one attached hydrogen (secondary N) is 1. The van der Waals surface area contributed by atoms with E-state index in [-0.39, 0.29) is 0 Å². The molecule has 1 rings (SSSR count). The summed E-state index contributed by atoms with van der Waals surface area (Å²) in [6, 6.07) is 4.66. The van der Waals surface area contributed by atoms with Crippen molar-refractivity contribution in [2.24, 2.45) is 0 Å². The summed E-state index contributed by atoms with van der Waals surface area (Å²) in [6.45, 7) is 4.79. The molecule has 0 radical (unpaired) electrons. The molecule has 1 N–H and O–H groups in total. The first-order chi connectivity index (χ1) is 9.21. The van der Waals surface area contributed by atoms with E-state index in [9.17, 15) is 14.9 Å². The van der Waals surface area contributed by atoms with Gasteiger partial charge in [0, 0.05) is 10.5 Å². The van der Waals surface area contributed by atoms with Gasteiger partial charge in [0.1, 0.15) is 11.4 Å². The molecule has 1 aromatic carbocycles. The summed E-state index contributed by atoms with van der Waals surface area (Å²) >= 11 is 0. The fraction of sp³-hybridized carbons (Fsp3) is 0.462. The summed E-state index contributed by atoms with van der Waals surface area (Å²) < 4.78 is 10.1. The van der Waals surface area contributed by atoms with Crippen LogP contribution < -0.4 is 10.1 Å². The molecule has 7 heteroatoms. The molecule has 7 nitrogen and oxygen atoms in total. The number of carbonyl (C=O) groups excluding carboxylic acids is 1. The molecular weight excluding hydrogens is 264 g/mol. The second kappa shape index (κ2) is 6.23. The molecule has 0 heterocycles. The Morgan fingerprint density at radius 2 is 2.05 bits per heavy atom. The van der Waals surface area contributed by atoms with Gasteiger partial charge in [0.15, 0.2) is 0 Å². The van der Waals surface area contributed by atoms with E-state index < -0.39 is 23.2 Å². The average molecular weight is 282 g/mol. The largest absolute Gasteiger partial charge is 0.497 e. The lowest BCUT2D eigenvalue weighted by atomic mass is 10.1. The van der Waals surface area contributed by atoms with E-state index in [2.05, 4.69) is 5.32 Å². The third kappa shape index (κ3) is 5.13. The number of hydrogen-bond acceptors (Lipinski definition) is 5. The molecule has 0 atom stereocenters. The average Bonchev–Trinajstić information content (AvgIpc) is 2.28. The van der Waals surface area contributed by atoms with E-state index >= 15 is 0 Å². The van der Waals surface area contributed by atoms with Gasteiger partial charge in [-0.15, -0.1) is 0 Å². The lowest BCUT2D eigenvalue weighted by Crippen LogP contribution is -2.27. The summed E-state index contributed by atoms with van der Waals surface area (Å²) in [5.74, 6) is 0.483. The van der Waals surface area contributed by atoms with Crippen LogP contribution in [0.5, 0.6) is 5.75 Å². The standard InChI is InChI=1S/C13H18N2O5/c1-13(2,3)20-12(16)14-11-6-5-10(19-4)7-9(11)8-15(17)18/h5-7H,8H2,1-4H3,(H,14,16). The van der Waals surface area contributed by atoms with Crippen LogP contribution in [-0.2, 0) is 11.3 Å². The van der Waals surface area contributed by atoms with Crippen molar-refractivity contribution in [3.63, 3.8) is 0 Å². The van der Waals surface area contributed by atoms with Crippen LogP contribution in [0.1, 0.15) is 26.3 Å². The number of anilines is 1. The number of rotatable bonds is 4. The summed E-state index contributed by atoms with van der Waals surface area (Å²) in [5.41, 5.74) is 0.0387. The van der Waals surface area contributed by atoms with Crippen LogP contribution in [0.25, 0.3) is 0 Å². The van der Waals surface area contributed by atoms with Gasteiger partial charge in [-0.3, -0.25) is 15.4 Å². The first-order valence-electron chi connectivity index (χ1n) is 6.00. The first-order valence-corrected chi connectivity index (χ1v) is 6.00. The van der Waals surface area contributed by atoms with E-state index in [4.69, 9.17) is 9.47 Å². The van der Waals surface area contributed by atoms with Crippen LogP contribution >= 0.6 is 0 Å². The number of ether oxygens (including phenoxy) is 2. The molecule has 0 spiro atoms. The van der Waals surface area contributed by atoms with Crippen molar-refractivity contribution in [3.05, 3.63) is 33.9 Å². The fourth-order valence-corrected chi connectivity index (χ4v) is 1.50. The van der Waals surface area contributed by atoms with Crippen LogP contribution in [0.4, 0.5) is 10.5 Å². The molecule has 0 fully saturated rings. The Morgan fingerprint density at radius 3 is 2.55 bits per heavy atom. The Bertz CT molecular complexity index is 508. The highest BCUT2D eigenvalue weighted by atomic mass is 16.6. The topological polar surface area (TPSA) is 90.7 Å². The Balaban J connectivity index is 2.93. The predicted molar refractivity (Wildman–Crippen MR) is 73.5 cm³/mol. The molecular formula is C13H18N2O5. The zero-order valence-electron chi connectivity index (χ0n) is 11.9. The highest BCUT2D eigenvalue weighted by Gasteiger charge is 2.18. The number of hydrogen-bond donors (Lipinski definition) is 1. The summed E-state index contributed by atoms with van der Waals surface area (Å²) in [7, 11) is 1.46. The molecule has 1 amide bonds. The number of carbonyl (C=O) groups is 1. The molecule has 0 aliphatic heterocycles. The maximum Gasteiger partial charge on any atom is 0.412 e. The molecule has 110 valence electrons. The molecule has 0 aliphatic carbocycles. The molecule has 1 aromatic rings. The van der Waals surface area contributed by atoms with Gasteiger partial charge in [0.05, 0.1) is 12.8 Å². The first kappa shape index (κ1) is 15.7. The SMILES string of the molecule is COc1ccc(NC(=O)OC(C)(C)C)c(C[N+](=O)[O-])c1. The lowest BCUT2D eigenvalue weighted by Gasteiger charge is -2.20. The number of methoxy groups -OCH3 is 1. The van der Waals surface area contributed by atoms with Gasteiger partial charge in [-0.05, 0) is 39.0 Å². The van der Waals surface area contributed by atoms with E-state index in [0.717, 1.165) is 0 Å². The minimum atomic E-state index is -0.660. The minimum Gasteiger partial charge on any atom is -0.497 e. The van der Waals surface area contributed by atoms with Crippen molar-refractivity contribution in [3.8, 4) is 5.75 Å². The fourth-order valence-electron chi connectivity index (χ4n) is 1.50. The molecule has 0 saturated carbocycles. The van der Waals surface area contributed by atoms with Crippen LogP contribution in [-0.4, -0.2) is 23.7 Å². The van der Waals surface area contributed by atoms with Crippen molar-refractivity contribution in [2.75, 3.05) is 12.4 Å². The Hall–Kier alpha value is -2.31.